The second-order valence-electron chi connectivity index (χ2n) is 9.96. The highest BCUT2D eigenvalue weighted by atomic mass is 16.1. The van der Waals surface area contributed by atoms with Crippen LogP contribution in [0.25, 0.3) is 33.5 Å². The average Bonchev–Trinajstić information content (AvgIpc) is 3.66. The van der Waals surface area contributed by atoms with Crippen LogP contribution in [0.3, 0.4) is 0 Å². The van der Waals surface area contributed by atoms with Gasteiger partial charge in [-0.3, -0.25) is 4.79 Å². The number of nitrogens with zero attached hydrogens (tertiary/aromatic N) is 6. The molecule has 0 aliphatic carbocycles. The number of nitrogens with one attached hydrogen (secondary N) is 2. The maximum absolute atomic E-state index is 13.2. The fourth-order valence-corrected chi connectivity index (χ4v) is 5.20. The molecule has 0 saturated carbocycles. The third-order valence-corrected chi connectivity index (χ3v) is 7.36. The fourth-order valence-electron chi connectivity index (χ4n) is 5.20. The van der Waals surface area contributed by atoms with Gasteiger partial charge in [-0.15, -0.1) is 10.2 Å². The van der Waals surface area contributed by atoms with Gasteiger partial charge in [0, 0.05) is 24.4 Å². The number of benzene rings is 3. The van der Waals surface area contributed by atoms with Crippen LogP contribution >= 0.6 is 0 Å². The molecule has 0 bridgehead atoms. The molecule has 9 nitrogen and oxygen atoms in total. The van der Waals surface area contributed by atoms with Crippen LogP contribution in [0.2, 0.25) is 0 Å². The summed E-state index contributed by atoms with van der Waals surface area (Å²) in [4.78, 5) is 18.2. The zero-order valence-corrected chi connectivity index (χ0v) is 22.5. The summed E-state index contributed by atoms with van der Waals surface area (Å²) in [5.41, 5.74) is 7.00. The lowest BCUT2D eigenvalue weighted by molar-refractivity contribution is 0.688. The molecule has 0 amide bonds. The van der Waals surface area contributed by atoms with Crippen molar-refractivity contribution in [3.63, 3.8) is 0 Å². The molecule has 1 atom stereocenters. The number of tetrazole rings is 1. The second kappa shape index (κ2) is 11.1. The first-order valence-electron chi connectivity index (χ1n) is 13.6. The average molecular weight is 531 g/mol. The maximum Gasteiger partial charge on any atom is 0.290 e. The number of hydrogen-bond acceptors (Lipinski definition) is 6. The largest absolute Gasteiger partial charge is 0.319 e. The van der Waals surface area contributed by atoms with Gasteiger partial charge in [0.2, 0.25) is 5.82 Å². The van der Waals surface area contributed by atoms with Gasteiger partial charge in [0.05, 0.1) is 5.69 Å². The summed E-state index contributed by atoms with van der Waals surface area (Å²) in [7, 11) is 0. The first-order chi connectivity index (χ1) is 19.6. The lowest BCUT2D eigenvalue weighted by atomic mass is 9.97. The molecule has 0 aliphatic heterocycles. The molecule has 3 aromatic carbocycles. The van der Waals surface area contributed by atoms with Gasteiger partial charge >= 0.3 is 0 Å². The predicted molar refractivity (Wildman–Crippen MR) is 155 cm³/mol. The molecular weight excluding hydrogens is 500 g/mol. The van der Waals surface area contributed by atoms with Crippen molar-refractivity contribution in [1.29, 1.82) is 0 Å². The number of imidazole rings is 1. The highest BCUT2D eigenvalue weighted by Gasteiger charge is 2.22. The van der Waals surface area contributed by atoms with Crippen LogP contribution in [0.5, 0.6) is 0 Å². The maximum atomic E-state index is 13.2. The third kappa shape index (κ3) is 4.82. The molecule has 0 aliphatic rings. The Balaban J connectivity index is 1.39. The number of aromatic amines is 2. The van der Waals surface area contributed by atoms with Crippen molar-refractivity contribution in [2.24, 2.45) is 0 Å². The Morgan fingerprint density at radius 3 is 2.38 bits per heavy atom. The normalized spacial score (nSPS) is 12.2. The zero-order valence-electron chi connectivity index (χ0n) is 22.5. The number of hydrogen-bond donors (Lipinski definition) is 2. The van der Waals surface area contributed by atoms with Gasteiger partial charge in [-0.2, -0.15) is 10.3 Å². The number of unbranched alkanes of at least 4 members (excludes halogenated alkanes) is 1. The Kier molecular flexibility index (Phi) is 7.01. The Bertz CT molecular complexity index is 1790. The molecule has 0 spiro atoms. The van der Waals surface area contributed by atoms with E-state index in [1.807, 2.05) is 36.4 Å². The molecule has 40 heavy (non-hydrogen) atoms. The first-order valence-corrected chi connectivity index (χ1v) is 13.6. The number of rotatable bonds is 9. The van der Waals surface area contributed by atoms with Crippen molar-refractivity contribution in [3.05, 3.63) is 112 Å². The quantitative estimate of drug-likeness (QED) is 0.255. The Hall–Kier alpha value is -4.92. The monoisotopic (exact) mass is 530 g/mol. The lowest BCUT2D eigenvalue weighted by Crippen LogP contribution is -2.17. The van der Waals surface area contributed by atoms with E-state index in [9.17, 15) is 4.79 Å². The molecule has 2 N–H and O–H groups in total. The highest BCUT2D eigenvalue weighted by Crippen LogP contribution is 2.31. The van der Waals surface area contributed by atoms with E-state index in [4.69, 9.17) is 4.98 Å². The van der Waals surface area contributed by atoms with E-state index in [1.165, 1.54) is 0 Å². The van der Waals surface area contributed by atoms with Crippen molar-refractivity contribution >= 4 is 11.0 Å². The van der Waals surface area contributed by atoms with Gasteiger partial charge in [-0.1, -0.05) is 99.1 Å². The van der Waals surface area contributed by atoms with Gasteiger partial charge in [0.15, 0.2) is 0 Å². The summed E-state index contributed by atoms with van der Waals surface area (Å²) in [5.74, 6) is 1.45. The van der Waals surface area contributed by atoms with Gasteiger partial charge in [0.1, 0.15) is 16.9 Å². The predicted octanol–water partition coefficient (Wildman–Crippen LogP) is 5.51. The minimum absolute atomic E-state index is 0.0125. The number of aromatic nitrogens is 8. The molecule has 6 aromatic rings. The van der Waals surface area contributed by atoms with Crippen LogP contribution in [0.4, 0.5) is 0 Å². The molecule has 3 heterocycles. The van der Waals surface area contributed by atoms with E-state index in [0.717, 1.165) is 58.6 Å². The summed E-state index contributed by atoms with van der Waals surface area (Å²) < 4.78 is 2.06. The highest BCUT2D eigenvalue weighted by molar-refractivity contribution is 5.80. The third-order valence-electron chi connectivity index (χ3n) is 7.36. The van der Waals surface area contributed by atoms with Crippen molar-refractivity contribution in [2.45, 2.75) is 45.6 Å². The van der Waals surface area contributed by atoms with Crippen LogP contribution in [-0.2, 0) is 13.0 Å². The first kappa shape index (κ1) is 25.4. The van der Waals surface area contributed by atoms with E-state index in [2.05, 4.69) is 91.7 Å². The van der Waals surface area contributed by atoms with Gasteiger partial charge < -0.3 is 4.57 Å². The molecule has 200 valence electrons. The van der Waals surface area contributed by atoms with Crippen LogP contribution in [0.15, 0.2) is 83.7 Å². The minimum Gasteiger partial charge on any atom is -0.319 e. The van der Waals surface area contributed by atoms with Crippen molar-refractivity contribution in [3.8, 4) is 22.5 Å². The van der Waals surface area contributed by atoms with E-state index in [1.54, 1.807) is 0 Å². The van der Waals surface area contributed by atoms with E-state index >= 15 is 0 Å². The van der Waals surface area contributed by atoms with Crippen molar-refractivity contribution in [2.75, 3.05) is 0 Å². The molecule has 9 heteroatoms. The van der Waals surface area contributed by atoms with Crippen LogP contribution in [0.1, 0.15) is 55.3 Å². The van der Waals surface area contributed by atoms with Crippen LogP contribution in [0, 0.1) is 0 Å². The number of H-pyrrole nitrogens is 2. The number of fused-ring (bicyclic) bond motifs is 1. The Labute approximate surface area is 231 Å². The molecule has 0 saturated heterocycles. The Morgan fingerprint density at radius 1 is 0.900 bits per heavy atom. The molecule has 0 fully saturated rings. The second-order valence-corrected chi connectivity index (χ2v) is 9.96. The number of aryl methyl sites for hydroxylation is 1. The molecule has 0 radical (unpaired) electrons. The topological polar surface area (TPSA) is 118 Å². The lowest BCUT2D eigenvalue weighted by Gasteiger charge is -2.12. The summed E-state index contributed by atoms with van der Waals surface area (Å²) in [6, 6.07) is 26.6. The molecule has 1 unspecified atom stereocenters. The van der Waals surface area contributed by atoms with Crippen LogP contribution < -0.4 is 5.56 Å². The summed E-state index contributed by atoms with van der Waals surface area (Å²) >= 11 is 0. The SMILES string of the molecule is CCCCc1nc2c(C(C)c3ccccc3)n[nH]c(=O)c2n1Cc1ccc(-c2ccccc2-c2nn[nH]n2)cc1. The molecule has 6 rings (SSSR count). The van der Waals surface area contributed by atoms with E-state index < -0.39 is 0 Å². The van der Waals surface area contributed by atoms with E-state index in [0.29, 0.717) is 23.4 Å². The Morgan fingerprint density at radius 2 is 1.65 bits per heavy atom. The fraction of sp³-hybridized carbons (Fsp3) is 0.226. The summed E-state index contributed by atoms with van der Waals surface area (Å²) in [6.07, 6.45) is 2.82. The standard InChI is InChI=1S/C31H30N8O/c1-3-4-14-26-32-28-27(20(2)22-10-6-5-7-11-22)33-36-31(40)29(28)39(26)19-21-15-17-23(18-16-21)24-12-8-9-13-25(24)30-34-37-38-35-30/h5-13,15-18,20H,3-4,14,19H2,1-2H3,(H,36,40)(H,34,35,37,38). The van der Waals surface area contributed by atoms with Crippen molar-refractivity contribution in [1.82, 2.24) is 40.4 Å². The smallest absolute Gasteiger partial charge is 0.290 e. The summed E-state index contributed by atoms with van der Waals surface area (Å²) in [6.45, 7) is 4.80. The molecule has 3 aromatic heterocycles. The van der Waals surface area contributed by atoms with Crippen LogP contribution in [-0.4, -0.2) is 40.4 Å². The summed E-state index contributed by atoms with van der Waals surface area (Å²) in [5, 5.41) is 21.8. The zero-order chi connectivity index (χ0) is 27.5. The van der Waals surface area contributed by atoms with E-state index in [-0.39, 0.29) is 11.5 Å². The van der Waals surface area contributed by atoms with Gasteiger partial charge in [-0.25, -0.2) is 10.1 Å². The van der Waals surface area contributed by atoms with Gasteiger partial charge in [-0.05, 0) is 33.9 Å². The molecular formula is C31H30N8O. The van der Waals surface area contributed by atoms with Crippen molar-refractivity contribution < 1.29 is 0 Å². The van der Waals surface area contributed by atoms with Gasteiger partial charge in [0.25, 0.3) is 5.56 Å². The minimum atomic E-state index is -0.222.